The van der Waals surface area contributed by atoms with E-state index in [0.29, 0.717) is 12.0 Å². The van der Waals surface area contributed by atoms with Crippen molar-refractivity contribution in [2.45, 2.75) is 51.7 Å². The summed E-state index contributed by atoms with van der Waals surface area (Å²) in [6.45, 7) is 5.22. The van der Waals surface area contributed by atoms with Gasteiger partial charge < -0.3 is 9.47 Å². The summed E-state index contributed by atoms with van der Waals surface area (Å²) in [4.78, 5) is 0. The molecule has 0 spiro atoms. The van der Waals surface area contributed by atoms with Crippen LogP contribution >= 0.6 is 0 Å². The van der Waals surface area contributed by atoms with Crippen LogP contribution < -0.4 is 4.74 Å². The number of hydrogen-bond donors (Lipinski definition) is 0. The van der Waals surface area contributed by atoms with Crippen molar-refractivity contribution in [2.75, 3.05) is 7.11 Å². The van der Waals surface area contributed by atoms with Crippen molar-refractivity contribution < 1.29 is 9.47 Å². The van der Waals surface area contributed by atoms with Gasteiger partial charge in [0.2, 0.25) is 0 Å². The van der Waals surface area contributed by atoms with Crippen molar-refractivity contribution in [2.24, 2.45) is 0 Å². The van der Waals surface area contributed by atoms with Crippen molar-refractivity contribution >= 4 is 0 Å². The van der Waals surface area contributed by atoms with E-state index in [1.54, 1.807) is 7.11 Å². The monoisotopic (exact) mass is 234 g/mol. The second kappa shape index (κ2) is 5.54. The minimum atomic E-state index is 0.385. The molecule has 0 radical (unpaired) electrons. The fraction of sp³-hybridized carbons (Fsp3) is 0.600. The van der Waals surface area contributed by atoms with Gasteiger partial charge in [0.25, 0.3) is 0 Å². The molecule has 0 bridgehead atoms. The largest absolute Gasteiger partial charge is 0.497 e. The molecule has 0 aliphatic carbocycles. The Kier molecular flexibility index (Phi) is 4.06. The zero-order chi connectivity index (χ0) is 12.3. The molecule has 2 nitrogen and oxygen atoms in total. The van der Waals surface area contributed by atoms with Gasteiger partial charge in [0, 0.05) is 5.92 Å². The minimum Gasteiger partial charge on any atom is -0.497 e. The fourth-order valence-corrected chi connectivity index (χ4v) is 2.56. The van der Waals surface area contributed by atoms with Crippen molar-refractivity contribution in [1.29, 1.82) is 0 Å². The van der Waals surface area contributed by atoms with Gasteiger partial charge in [-0.3, -0.25) is 0 Å². The number of rotatable bonds is 4. The second-order valence-corrected chi connectivity index (χ2v) is 4.85. The fourth-order valence-electron chi connectivity index (χ4n) is 2.56. The highest BCUT2D eigenvalue weighted by atomic mass is 16.5. The van der Waals surface area contributed by atoms with Gasteiger partial charge in [0.1, 0.15) is 5.75 Å². The Morgan fingerprint density at radius 1 is 1.41 bits per heavy atom. The lowest BCUT2D eigenvalue weighted by molar-refractivity contribution is 0.00516. The van der Waals surface area contributed by atoms with Crippen LogP contribution in [0.4, 0.5) is 0 Å². The maximum Gasteiger partial charge on any atom is 0.119 e. The summed E-state index contributed by atoms with van der Waals surface area (Å²) in [5.41, 5.74) is 2.71. The molecule has 0 fully saturated rings. The molecular weight excluding hydrogens is 212 g/mol. The molecule has 1 aliphatic heterocycles. The summed E-state index contributed by atoms with van der Waals surface area (Å²) in [6, 6.07) is 6.35. The Labute approximate surface area is 104 Å². The summed E-state index contributed by atoms with van der Waals surface area (Å²) in [5.74, 6) is 1.42. The third-order valence-corrected chi connectivity index (χ3v) is 3.69. The zero-order valence-electron chi connectivity index (χ0n) is 11.0. The van der Waals surface area contributed by atoms with E-state index in [-0.39, 0.29) is 0 Å². The van der Waals surface area contributed by atoms with Gasteiger partial charge in [-0.05, 0) is 29.7 Å². The molecule has 0 aromatic heterocycles. The van der Waals surface area contributed by atoms with Crippen LogP contribution in [0.5, 0.6) is 5.75 Å². The number of hydrogen-bond acceptors (Lipinski definition) is 2. The first-order valence-electron chi connectivity index (χ1n) is 6.54. The summed E-state index contributed by atoms with van der Waals surface area (Å²) in [6.07, 6.45) is 4.04. The SMILES string of the molecule is CCCC[C@H]1OCc2cc(OC)ccc2[C@H]1C. The topological polar surface area (TPSA) is 18.5 Å². The van der Waals surface area contributed by atoms with Gasteiger partial charge in [-0.25, -0.2) is 0 Å². The maximum atomic E-state index is 5.96. The number of unbranched alkanes of at least 4 members (excludes halogenated alkanes) is 1. The van der Waals surface area contributed by atoms with Crippen LogP contribution in [0.15, 0.2) is 18.2 Å². The molecule has 0 saturated heterocycles. The summed E-state index contributed by atoms with van der Waals surface area (Å²) >= 11 is 0. The van der Waals surface area contributed by atoms with E-state index in [1.165, 1.54) is 30.4 Å². The Morgan fingerprint density at radius 2 is 2.24 bits per heavy atom. The number of benzene rings is 1. The first kappa shape index (κ1) is 12.4. The lowest BCUT2D eigenvalue weighted by atomic mass is 9.87. The second-order valence-electron chi connectivity index (χ2n) is 4.85. The molecule has 1 aliphatic rings. The number of methoxy groups -OCH3 is 1. The van der Waals surface area contributed by atoms with E-state index in [0.717, 1.165) is 12.4 Å². The highest BCUT2D eigenvalue weighted by Crippen LogP contribution is 2.35. The molecule has 0 amide bonds. The summed E-state index contributed by atoms with van der Waals surface area (Å²) in [5, 5.41) is 0. The van der Waals surface area contributed by atoms with Crippen molar-refractivity contribution in [3.63, 3.8) is 0 Å². The van der Waals surface area contributed by atoms with Crippen LogP contribution in [0.25, 0.3) is 0 Å². The molecule has 94 valence electrons. The molecule has 1 aromatic rings. The Hall–Kier alpha value is -1.02. The van der Waals surface area contributed by atoms with Crippen molar-refractivity contribution in [3.05, 3.63) is 29.3 Å². The lowest BCUT2D eigenvalue weighted by Crippen LogP contribution is -2.26. The highest BCUT2D eigenvalue weighted by molar-refractivity contribution is 5.38. The van der Waals surface area contributed by atoms with Gasteiger partial charge in [-0.1, -0.05) is 32.8 Å². The maximum absolute atomic E-state index is 5.96. The molecule has 2 heteroatoms. The van der Waals surface area contributed by atoms with E-state index < -0.39 is 0 Å². The van der Waals surface area contributed by atoms with Crippen LogP contribution in [-0.2, 0) is 11.3 Å². The molecule has 2 rings (SSSR count). The van der Waals surface area contributed by atoms with Gasteiger partial charge >= 0.3 is 0 Å². The molecule has 2 atom stereocenters. The van der Waals surface area contributed by atoms with Gasteiger partial charge in [-0.15, -0.1) is 0 Å². The van der Waals surface area contributed by atoms with E-state index in [1.807, 2.05) is 0 Å². The Balaban J connectivity index is 2.15. The number of ether oxygens (including phenoxy) is 2. The minimum absolute atomic E-state index is 0.385. The molecular formula is C15H22O2. The van der Waals surface area contributed by atoms with Crippen LogP contribution in [0.1, 0.15) is 50.2 Å². The van der Waals surface area contributed by atoms with Gasteiger partial charge in [0.15, 0.2) is 0 Å². The Morgan fingerprint density at radius 3 is 2.94 bits per heavy atom. The Bertz CT molecular complexity index is 373. The van der Waals surface area contributed by atoms with E-state index in [2.05, 4.69) is 32.0 Å². The molecule has 0 unspecified atom stereocenters. The first-order chi connectivity index (χ1) is 8.26. The number of fused-ring (bicyclic) bond motifs is 1. The first-order valence-corrected chi connectivity index (χ1v) is 6.54. The molecule has 0 saturated carbocycles. The molecule has 1 heterocycles. The predicted molar refractivity (Wildman–Crippen MR) is 69.5 cm³/mol. The standard InChI is InChI=1S/C15H22O2/c1-4-5-6-15-11(2)14-8-7-13(16-3)9-12(14)10-17-15/h7-9,11,15H,4-6,10H2,1-3H3/t11-,15-/m1/s1. The summed E-state index contributed by atoms with van der Waals surface area (Å²) in [7, 11) is 1.71. The quantitative estimate of drug-likeness (QED) is 0.787. The average Bonchev–Trinajstić information content (AvgIpc) is 2.37. The van der Waals surface area contributed by atoms with Crippen LogP contribution in [-0.4, -0.2) is 13.2 Å². The molecule has 0 N–H and O–H groups in total. The van der Waals surface area contributed by atoms with E-state index in [9.17, 15) is 0 Å². The summed E-state index contributed by atoms with van der Waals surface area (Å²) < 4.78 is 11.2. The normalized spacial score (nSPS) is 23.2. The van der Waals surface area contributed by atoms with Crippen LogP contribution in [0.3, 0.4) is 0 Å². The van der Waals surface area contributed by atoms with Crippen molar-refractivity contribution in [3.8, 4) is 5.75 Å². The van der Waals surface area contributed by atoms with Gasteiger partial charge in [-0.2, -0.15) is 0 Å². The smallest absolute Gasteiger partial charge is 0.119 e. The highest BCUT2D eigenvalue weighted by Gasteiger charge is 2.26. The molecule has 1 aromatic carbocycles. The zero-order valence-corrected chi connectivity index (χ0v) is 11.0. The third-order valence-electron chi connectivity index (χ3n) is 3.69. The van der Waals surface area contributed by atoms with E-state index >= 15 is 0 Å². The van der Waals surface area contributed by atoms with Crippen LogP contribution in [0, 0.1) is 0 Å². The molecule has 17 heavy (non-hydrogen) atoms. The predicted octanol–water partition coefficient (Wildman–Crippen LogP) is 3.89. The average molecular weight is 234 g/mol. The van der Waals surface area contributed by atoms with Crippen LogP contribution in [0.2, 0.25) is 0 Å². The van der Waals surface area contributed by atoms with Crippen molar-refractivity contribution in [1.82, 2.24) is 0 Å². The van der Waals surface area contributed by atoms with Gasteiger partial charge in [0.05, 0.1) is 19.8 Å². The van der Waals surface area contributed by atoms with E-state index in [4.69, 9.17) is 9.47 Å². The third kappa shape index (κ3) is 2.63. The lowest BCUT2D eigenvalue weighted by Gasteiger charge is -2.31.